The number of fused-ring (bicyclic) bond motifs is 1. The third kappa shape index (κ3) is 5.22. The molecule has 0 fully saturated rings. The van der Waals surface area contributed by atoms with Gasteiger partial charge in [0.05, 0.1) is 16.1 Å². The molecule has 9 heteroatoms. The second kappa shape index (κ2) is 10.1. The molecule has 0 saturated heterocycles. The van der Waals surface area contributed by atoms with Crippen molar-refractivity contribution in [2.45, 2.75) is 54.9 Å². The van der Waals surface area contributed by atoms with E-state index < -0.39 is 28.1 Å². The van der Waals surface area contributed by atoms with Crippen LogP contribution < -0.4 is 14.4 Å². The maximum atomic E-state index is 13.6. The van der Waals surface area contributed by atoms with Crippen LogP contribution in [0.3, 0.4) is 0 Å². The van der Waals surface area contributed by atoms with E-state index in [-0.39, 0.29) is 10.6 Å². The topological polar surface area (TPSA) is 95.9 Å². The van der Waals surface area contributed by atoms with Crippen LogP contribution in [-0.4, -0.2) is 44.4 Å². The van der Waals surface area contributed by atoms with Crippen molar-refractivity contribution in [3.63, 3.8) is 0 Å². The van der Waals surface area contributed by atoms with E-state index in [0.717, 1.165) is 18.5 Å². The van der Waals surface area contributed by atoms with Crippen LogP contribution in [0.1, 0.15) is 39.5 Å². The number of rotatable bonds is 9. The molecule has 1 heterocycles. The molecule has 0 bridgehead atoms. The second-order valence-electron chi connectivity index (χ2n) is 7.92. The molecule has 1 atom stereocenters. The molecule has 3 rings (SSSR count). The van der Waals surface area contributed by atoms with Crippen LogP contribution in [0.15, 0.2) is 52.3 Å². The summed E-state index contributed by atoms with van der Waals surface area (Å²) in [6.45, 7) is 4.04. The fourth-order valence-electron chi connectivity index (χ4n) is 3.97. The number of unbranched alkanes of at least 4 members (excludes halogenated alkanes) is 1. The van der Waals surface area contributed by atoms with Crippen LogP contribution in [-0.2, 0) is 14.8 Å². The number of sulfonamides is 1. The number of hydrogen-bond donors (Lipinski definition) is 2. The first kappa shape index (κ1) is 24.4. The van der Waals surface area contributed by atoms with Gasteiger partial charge in [-0.25, -0.2) is 17.9 Å². The van der Waals surface area contributed by atoms with E-state index in [1.807, 2.05) is 48.4 Å². The van der Waals surface area contributed by atoms with Gasteiger partial charge in [-0.2, -0.15) is 0 Å². The van der Waals surface area contributed by atoms with Crippen molar-refractivity contribution in [1.82, 2.24) is 4.72 Å². The minimum Gasteiger partial charge on any atom is -0.481 e. The van der Waals surface area contributed by atoms with Gasteiger partial charge in [-0.15, -0.1) is 11.8 Å². The van der Waals surface area contributed by atoms with Crippen LogP contribution in [0.25, 0.3) is 0 Å². The van der Waals surface area contributed by atoms with Crippen molar-refractivity contribution < 1.29 is 23.1 Å². The number of nitrogens with one attached hydrogen (secondary N) is 1. The smallest absolute Gasteiger partial charge is 0.341 e. The molecule has 0 saturated carbocycles. The number of hydrogen-bond acceptors (Lipinski definition) is 6. The highest BCUT2D eigenvalue weighted by molar-refractivity contribution is 7.98. The number of carbonyl (C=O) groups is 1. The summed E-state index contributed by atoms with van der Waals surface area (Å²) in [4.78, 5) is 13.9. The van der Waals surface area contributed by atoms with Crippen LogP contribution in [0.2, 0.25) is 0 Å². The molecule has 0 aliphatic carbocycles. The van der Waals surface area contributed by atoms with Gasteiger partial charge in [0.15, 0.2) is 6.61 Å². The Labute approximate surface area is 194 Å². The summed E-state index contributed by atoms with van der Waals surface area (Å²) < 4.78 is 35.6. The summed E-state index contributed by atoms with van der Waals surface area (Å²) in [6, 6.07) is 13.0. The number of carboxylic acid groups (broad SMARTS) is 1. The highest BCUT2D eigenvalue weighted by atomic mass is 32.2. The third-order valence-corrected chi connectivity index (χ3v) is 8.11. The van der Waals surface area contributed by atoms with E-state index >= 15 is 0 Å². The summed E-state index contributed by atoms with van der Waals surface area (Å²) in [6.07, 6.45) is 5.07. The number of thioether (sulfide) groups is 1. The quantitative estimate of drug-likeness (QED) is 0.507. The predicted octanol–water partition coefficient (Wildman–Crippen LogP) is 4.64. The Bertz CT molecular complexity index is 1060. The van der Waals surface area contributed by atoms with Gasteiger partial charge in [-0.05, 0) is 37.3 Å². The first-order chi connectivity index (χ1) is 15.2. The Balaban J connectivity index is 2.23. The normalized spacial score (nSPS) is 19.8. The summed E-state index contributed by atoms with van der Waals surface area (Å²) in [7, 11) is -3.88. The van der Waals surface area contributed by atoms with E-state index in [2.05, 4.69) is 11.6 Å². The molecule has 0 unspecified atom stereocenters. The van der Waals surface area contributed by atoms with E-state index in [4.69, 9.17) is 9.84 Å². The monoisotopic (exact) mass is 478 g/mol. The van der Waals surface area contributed by atoms with Crippen LogP contribution in [0, 0.1) is 0 Å². The van der Waals surface area contributed by atoms with Crippen molar-refractivity contribution in [3.05, 3.63) is 42.5 Å². The van der Waals surface area contributed by atoms with Crippen molar-refractivity contribution in [2.75, 3.05) is 24.3 Å². The zero-order valence-corrected chi connectivity index (χ0v) is 20.3. The lowest BCUT2D eigenvalue weighted by Crippen LogP contribution is -2.52. The van der Waals surface area contributed by atoms with Crippen molar-refractivity contribution in [1.29, 1.82) is 0 Å². The van der Waals surface area contributed by atoms with Crippen LogP contribution >= 0.6 is 11.8 Å². The van der Waals surface area contributed by atoms with Gasteiger partial charge in [-0.3, -0.25) is 0 Å². The number of carboxylic acids is 1. The number of aliphatic carboxylic acids is 1. The third-order valence-electron chi connectivity index (χ3n) is 5.74. The van der Waals surface area contributed by atoms with Crippen LogP contribution in [0.5, 0.6) is 5.75 Å². The molecule has 1 aliphatic heterocycles. The van der Waals surface area contributed by atoms with Gasteiger partial charge in [0.25, 0.3) is 0 Å². The average molecular weight is 479 g/mol. The Kier molecular flexibility index (Phi) is 7.74. The first-order valence-corrected chi connectivity index (χ1v) is 13.4. The molecule has 32 heavy (non-hydrogen) atoms. The van der Waals surface area contributed by atoms with Crippen molar-refractivity contribution in [3.8, 4) is 5.75 Å². The number of benzene rings is 2. The molecule has 0 radical (unpaired) electrons. The standard InChI is InChI=1S/C23H30N2O5S2/c1-4-6-12-23(5-2)16-25(17-10-8-7-9-11-17)18-13-20(31-3)19(30-15-22(26)27)14-21(18)32(28,29)24-23/h7-11,13-14,24H,4-6,12,15-16H2,1-3H3,(H,26,27)/t23-/m0/s1. The van der Waals surface area contributed by atoms with Gasteiger partial charge in [0, 0.05) is 18.3 Å². The molecular weight excluding hydrogens is 448 g/mol. The van der Waals surface area contributed by atoms with Gasteiger partial charge < -0.3 is 14.7 Å². The summed E-state index contributed by atoms with van der Waals surface area (Å²) in [5, 5.41) is 9.03. The van der Waals surface area contributed by atoms with Crippen molar-refractivity contribution >= 4 is 39.1 Å². The Morgan fingerprint density at radius 1 is 1.25 bits per heavy atom. The number of nitrogens with zero attached hydrogens (tertiary/aromatic N) is 1. The highest BCUT2D eigenvalue weighted by Gasteiger charge is 2.41. The largest absolute Gasteiger partial charge is 0.481 e. The molecule has 2 aromatic rings. The summed E-state index contributed by atoms with van der Waals surface area (Å²) in [5.41, 5.74) is 0.821. The van der Waals surface area contributed by atoms with Gasteiger partial charge in [0.2, 0.25) is 10.0 Å². The van der Waals surface area contributed by atoms with Gasteiger partial charge >= 0.3 is 5.97 Å². The Hall–Kier alpha value is -2.23. The number of ether oxygens (including phenoxy) is 1. The fourth-order valence-corrected chi connectivity index (χ4v) is 6.22. The first-order valence-electron chi connectivity index (χ1n) is 10.7. The van der Waals surface area contributed by atoms with E-state index in [1.54, 1.807) is 6.07 Å². The van der Waals surface area contributed by atoms with Crippen LogP contribution in [0.4, 0.5) is 11.4 Å². The Morgan fingerprint density at radius 3 is 2.56 bits per heavy atom. The number of anilines is 2. The minimum absolute atomic E-state index is 0.0892. The minimum atomic E-state index is -3.88. The SMILES string of the molecule is CCCC[C@@]1(CC)CN(c2ccccc2)c2cc(SC)c(OCC(=O)O)cc2S(=O)(=O)N1. The number of para-hydroxylation sites is 1. The predicted molar refractivity (Wildman–Crippen MR) is 128 cm³/mol. The molecule has 0 spiro atoms. The highest BCUT2D eigenvalue weighted by Crippen LogP contribution is 2.43. The molecule has 2 aromatic carbocycles. The lowest BCUT2D eigenvalue weighted by Gasteiger charge is -2.36. The van der Waals surface area contributed by atoms with Crippen molar-refractivity contribution in [2.24, 2.45) is 0 Å². The summed E-state index contributed by atoms with van der Waals surface area (Å²) in [5.74, 6) is -0.877. The summed E-state index contributed by atoms with van der Waals surface area (Å²) >= 11 is 1.38. The van der Waals surface area contributed by atoms with Gasteiger partial charge in [-0.1, -0.05) is 44.9 Å². The van der Waals surface area contributed by atoms with E-state index in [9.17, 15) is 13.2 Å². The molecule has 1 aliphatic rings. The maximum absolute atomic E-state index is 13.6. The molecule has 0 amide bonds. The van der Waals surface area contributed by atoms with E-state index in [0.29, 0.717) is 30.0 Å². The zero-order valence-electron chi connectivity index (χ0n) is 18.6. The zero-order chi connectivity index (χ0) is 23.4. The van der Waals surface area contributed by atoms with E-state index in [1.165, 1.54) is 17.8 Å². The molecule has 2 N–H and O–H groups in total. The fraction of sp³-hybridized carbons (Fsp3) is 0.435. The Morgan fingerprint density at radius 2 is 1.97 bits per heavy atom. The molecule has 174 valence electrons. The molecule has 7 nitrogen and oxygen atoms in total. The average Bonchev–Trinajstić information content (AvgIpc) is 2.88. The lowest BCUT2D eigenvalue weighted by atomic mass is 9.89. The molecule has 0 aromatic heterocycles. The lowest BCUT2D eigenvalue weighted by molar-refractivity contribution is -0.139. The maximum Gasteiger partial charge on any atom is 0.341 e. The second-order valence-corrected chi connectivity index (χ2v) is 10.4. The van der Waals surface area contributed by atoms with Gasteiger partial charge in [0.1, 0.15) is 10.6 Å². The molecular formula is C23H30N2O5S2.